The van der Waals surface area contributed by atoms with E-state index in [1.54, 1.807) is 12.1 Å². The second-order valence-corrected chi connectivity index (χ2v) is 13.1. The van der Waals surface area contributed by atoms with Crippen LogP contribution in [-0.4, -0.2) is 52.4 Å². The number of aromatic nitrogens is 2. The van der Waals surface area contributed by atoms with Crippen molar-refractivity contribution in [3.63, 3.8) is 0 Å². The third kappa shape index (κ3) is 3.69. The lowest BCUT2D eigenvalue weighted by atomic mass is 9.48. The average molecular weight is 504 g/mol. The Morgan fingerprint density at radius 3 is 2.47 bits per heavy atom. The van der Waals surface area contributed by atoms with Crippen molar-refractivity contribution in [2.45, 2.75) is 68.7 Å². The van der Waals surface area contributed by atoms with Gasteiger partial charge >= 0.3 is 5.97 Å². The Morgan fingerprint density at radius 1 is 1.06 bits per heavy atom. The molecule has 8 nitrogen and oxygen atoms in total. The standard InChI is InChI=1S/C24H29N3O5S2/c28-21(24-11-15-8-16(12-24)10-17(9-15)13-24)14-32-23(29)19-5-1-2-7-27(19)34(30,31)20-6-3-4-18-22(20)26-33-25-18/h3-4,6,15-17,19H,1-2,5,7-14H2. The number of hydrogen-bond acceptors (Lipinski definition) is 8. The molecular formula is C24H29N3O5S2. The van der Waals surface area contributed by atoms with Crippen LogP contribution in [-0.2, 0) is 24.3 Å². The van der Waals surface area contributed by atoms with E-state index in [2.05, 4.69) is 8.75 Å². The summed E-state index contributed by atoms with van der Waals surface area (Å²) in [4.78, 5) is 26.5. The van der Waals surface area contributed by atoms with Crippen molar-refractivity contribution in [3.8, 4) is 0 Å². The van der Waals surface area contributed by atoms with Gasteiger partial charge in [-0.3, -0.25) is 9.59 Å². The fourth-order valence-electron chi connectivity index (χ4n) is 7.38. The van der Waals surface area contributed by atoms with E-state index in [-0.39, 0.29) is 29.2 Å². The van der Waals surface area contributed by atoms with Crippen LogP contribution in [0.15, 0.2) is 23.1 Å². The van der Waals surface area contributed by atoms with Gasteiger partial charge in [0.05, 0.1) is 11.7 Å². The highest BCUT2D eigenvalue weighted by Crippen LogP contribution is 2.60. The number of ketones is 1. The monoisotopic (exact) mass is 503 g/mol. The molecule has 1 aromatic carbocycles. The fourth-order valence-corrected chi connectivity index (χ4v) is 9.78. The summed E-state index contributed by atoms with van der Waals surface area (Å²) in [6.45, 7) is -0.0139. The number of nitrogens with zero attached hydrogens (tertiary/aromatic N) is 3. The molecule has 0 spiro atoms. The van der Waals surface area contributed by atoms with Crippen LogP contribution in [0.4, 0.5) is 0 Å². The van der Waals surface area contributed by atoms with Crippen LogP contribution in [0.25, 0.3) is 11.0 Å². The van der Waals surface area contributed by atoms with E-state index in [1.165, 1.54) is 29.6 Å². The molecule has 0 amide bonds. The number of Topliss-reactive ketones (excluding diaryl/α,β-unsaturated/α-hetero) is 1. The van der Waals surface area contributed by atoms with Crippen molar-refractivity contribution in [1.29, 1.82) is 0 Å². The SMILES string of the molecule is O=C(OCC(=O)C12CC3CC(CC(C3)C1)C2)C1CCCCN1S(=O)(=O)c1cccc2nsnc12. The normalized spacial score (nSPS) is 33.3. The molecular weight excluding hydrogens is 474 g/mol. The highest BCUT2D eigenvalue weighted by Gasteiger charge is 2.54. The Hall–Kier alpha value is -1.91. The van der Waals surface area contributed by atoms with Gasteiger partial charge in [-0.05, 0) is 87.7 Å². The minimum atomic E-state index is -3.98. The highest BCUT2D eigenvalue weighted by molar-refractivity contribution is 7.89. The molecule has 4 saturated carbocycles. The molecule has 10 heteroatoms. The van der Waals surface area contributed by atoms with Crippen LogP contribution in [0, 0.1) is 23.2 Å². The van der Waals surface area contributed by atoms with E-state index in [9.17, 15) is 18.0 Å². The molecule has 2 aromatic rings. The van der Waals surface area contributed by atoms with Crippen LogP contribution < -0.4 is 0 Å². The van der Waals surface area contributed by atoms with Crippen molar-refractivity contribution < 1.29 is 22.7 Å². The van der Waals surface area contributed by atoms with Gasteiger partial charge in [-0.1, -0.05) is 6.07 Å². The van der Waals surface area contributed by atoms with Gasteiger partial charge in [0.25, 0.3) is 0 Å². The molecule has 1 unspecified atom stereocenters. The quantitative estimate of drug-likeness (QED) is 0.555. The zero-order valence-electron chi connectivity index (χ0n) is 19.0. The maximum Gasteiger partial charge on any atom is 0.324 e. The molecule has 4 bridgehead atoms. The topological polar surface area (TPSA) is 107 Å². The summed E-state index contributed by atoms with van der Waals surface area (Å²) < 4.78 is 42.2. The van der Waals surface area contributed by atoms with Gasteiger partial charge in [-0.2, -0.15) is 13.1 Å². The largest absolute Gasteiger partial charge is 0.456 e. The molecule has 182 valence electrons. The molecule has 0 N–H and O–H groups in total. The maximum absolute atomic E-state index is 13.6. The predicted molar refractivity (Wildman–Crippen MR) is 126 cm³/mol. The van der Waals surface area contributed by atoms with Crippen LogP contribution in [0.2, 0.25) is 0 Å². The Bertz CT molecular complexity index is 1200. The number of carbonyl (C=O) groups excluding carboxylic acids is 2. The Balaban J connectivity index is 1.18. The molecule has 0 radical (unpaired) electrons. The average Bonchev–Trinajstić information content (AvgIpc) is 3.30. The van der Waals surface area contributed by atoms with Gasteiger partial charge in [0, 0.05) is 12.0 Å². The lowest BCUT2D eigenvalue weighted by molar-refractivity contribution is -0.160. The van der Waals surface area contributed by atoms with E-state index in [0.29, 0.717) is 41.6 Å². The van der Waals surface area contributed by atoms with Gasteiger partial charge < -0.3 is 4.74 Å². The predicted octanol–water partition coefficient (Wildman–Crippen LogP) is 3.56. The number of benzene rings is 1. The highest BCUT2D eigenvalue weighted by atomic mass is 32.2. The van der Waals surface area contributed by atoms with Gasteiger partial charge in [0.2, 0.25) is 10.0 Å². The van der Waals surface area contributed by atoms with Crippen molar-refractivity contribution >= 4 is 44.5 Å². The van der Waals surface area contributed by atoms with Gasteiger partial charge in [0.1, 0.15) is 22.0 Å². The summed E-state index contributed by atoms with van der Waals surface area (Å²) >= 11 is 0.959. The summed E-state index contributed by atoms with van der Waals surface area (Å²) in [6.07, 6.45) is 8.26. The number of piperidine rings is 1. The number of esters is 1. The van der Waals surface area contributed by atoms with E-state index in [1.807, 2.05) is 0 Å². The molecule has 7 rings (SSSR count). The van der Waals surface area contributed by atoms with E-state index < -0.39 is 22.0 Å². The van der Waals surface area contributed by atoms with Gasteiger partial charge in [-0.15, -0.1) is 0 Å². The number of carbonyl (C=O) groups is 2. The second-order valence-electron chi connectivity index (χ2n) is 10.7. The van der Waals surface area contributed by atoms with Crippen LogP contribution in [0.1, 0.15) is 57.8 Å². The maximum atomic E-state index is 13.6. The first kappa shape index (κ1) is 22.5. The minimum Gasteiger partial charge on any atom is -0.456 e. The number of fused-ring (bicyclic) bond motifs is 1. The first-order valence-corrected chi connectivity index (χ1v) is 14.5. The third-order valence-electron chi connectivity index (χ3n) is 8.54. The number of rotatable bonds is 6. The summed E-state index contributed by atoms with van der Waals surface area (Å²) in [5, 5.41) is 0. The lowest BCUT2D eigenvalue weighted by Crippen LogP contribution is -2.52. The molecule has 1 atom stereocenters. The van der Waals surface area contributed by atoms with Crippen molar-refractivity contribution in [1.82, 2.24) is 13.1 Å². The van der Waals surface area contributed by atoms with E-state index >= 15 is 0 Å². The molecule has 5 fully saturated rings. The Kier molecular flexibility index (Phi) is 5.53. The summed E-state index contributed by atoms with van der Waals surface area (Å²) in [5.41, 5.74) is 0.506. The number of hydrogen-bond donors (Lipinski definition) is 0. The molecule has 1 aromatic heterocycles. The van der Waals surface area contributed by atoms with Crippen molar-refractivity contribution in [3.05, 3.63) is 18.2 Å². The summed E-state index contributed by atoms with van der Waals surface area (Å²) in [6, 6.07) is 3.94. The minimum absolute atomic E-state index is 0.0310. The summed E-state index contributed by atoms with van der Waals surface area (Å²) in [5.74, 6) is 1.31. The summed E-state index contributed by atoms with van der Waals surface area (Å²) in [7, 11) is -3.98. The van der Waals surface area contributed by atoms with Crippen molar-refractivity contribution in [2.75, 3.05) is 13.2 Å². The van der Waals surface area contributed by atoms with Crippen molar-refractivity contribution in [2.24, 2.45) is 23.2 Å². The number of ether oxygens (including phenoxy) is 1. The van der Waals surface area contributed by atoms with Crippen LogP contribution >= 0.6 is 11.7 Å². The number of sulfonamides is 1. The van der Waals surface area contributed by atoms with Crippen LogP contribution in [0.3, 0.4) is 0 Å². The van der Waals surface area contributed by atoms with E-state index in [4.69, 9.17) is 4.74 Å². The molecule has 1 saturated heterocycles. The first-order chi connectivity index (χ1) is 16.4. The first-order valence-electron chi connectivity index (χ1n) is 12.3. The zero-order chi connectivity index (χ0) is 23.5. The Labute approximate surface area is 203 Å². The zero-order valence-corrected chi connectivity index (χ0v) is 20.7. The third-order valence-corrected chi connectivity index (χ3v) is 11.0. The second kappa shape index (κ2) is 8.34. The van der Waals surface area contributed by atoms with Gasteiger partial charge in [-0.25, -0.2) is 8.42 Å². The smallest absolute Gasteiger partial charge is 0.324 e. The van der Waals surface area contributed by atoms with Gasteiger partial charge in [0.15, 0.2) is 12.4 Å². The Morgan fingerprint density at radius 2 is 1.76 bits per heavy atom. The van der Waals surface area contributed by atoms with E-state index in [0.717, 1.165) is 37.4 Å². The molecule has 1 aliphatic heterocycles. The lowest BCUT2D eigenvalue weighted by Gasteiger charge is -2.55. The molecule has 34 heavy (non-hydrogen) atoms. The molecule has 4 aliphatic carbocycles. The molecule has 5 aliphatic rings. The fraction of sp³-hybridized carbons (Fsp3) is 0.667. The van der Waals surface area contributed by atoms with Crippen LogP contribution in [0.5, 0.6) is 0 Å². The molecule has 2 heterocycles.